The van der Waals surface area contributed by atoms with Crippen LogP contribution in [0.15, 0.2) is 47.2 Å². The predicted molar refractivity (Wildman–Crippen MR) is 97.4 cm³/mol. The molecule has 23 heavy (non-hydrogen) atoms. The van der Waals surface area contributed by atoms with Crippen molar-refractivity contribution in [1.82, 2.24) is 14.9 Å². The topological polar surface area (TPSA) is 32.3 Å². The summed E-state index contributed by atoms with van der Waals surface area (Å²) in [6.07, 6.45) is 4.89. The molecular weight excluding hydrogens is 352 g/mol. The van der Waals surface area contributed by atoms with Gasteiger partial charge in [-0.25, -0.2) is 9.97 Å². The van der Waals surface area contributed by atoms with E-state index >= 15 is 0 Å². The fourth-order valence-electron chi connectivity index (χ4n) is 3.18. The smallest absolute Gasteiger partial charge is 0.225 e. The molecule has 122 valence electrons. The first-order chi connectivity index (χ1) is 11.2. The van der Waals surface area contributed by atoms with Crippen LogP contribution in [0.4, 0.5) is 5.95 Å². The molecule has 1 fully saturated rings. The van der Waals surface area contributed by atoms with Crippen molar-refractivity contribution < 1.29 is 0 Å². The van der Waals surface area contributed by atoms with E-state index in [9.17, 15) is 0 Å². The quantitative estimate of drug-likeness (QED) is 0.773. The number of hydrogen-bond acceptors (Lipinski definition) is 4. The molecular formula is C18H23BrN4. The molecule has 3 rings (SSSR count). The van der Waals surface area contributed by atoms with Crippen LogP contribution in [0.1, 0.15) is 18.9 Å². The molecule has 1 saturated heterocycles. The Morgan fingerprint density at radius 3 is 2.65 bits per heavy atom. The van der Waals surface area contributed by atoms with Crippen LogP contribution in [0.5, 0.6) is 0 Å². The zero-order valence-corrected chi connectivity index (χ0v) is 15.1. The van der Waals surface area contributed by atoms with Crippen molar-refractivity contribution in [3.63, 3.8) is 0 Å². The van der Waals surface area contributed by atoms with E-state index in [-0.39, 0.29) is 0 Å². The number of nitrogens with zero attached hydrogens (tertiary/aromatic N) is 4. The predicted octanol–water partition coefficient (Wildman–Crippen LogP) is 3.59. The summed E-state index contributed by atoms with van der Waals surface area (Å²) in [5.41, 5.74) is 1.40. The minimum atomic E-state index is 0.686. The fourth-order valence-corrected chi connectivity index (χ4v) is 3.38. The lowest BCUT2D eigenvalue weighted by Gasteiger charge is -2.24. The van der Waals surface area contributed by atoms with Gasteiger partial charge in [0.05, 0.1) is 4.47 Å². The average molecular weight is 375 g/mol. The van der Waals surface area contributed by atoms with E-state index in [0.29, 0.717) is 5.92 Å². The summed E-state index contributed by atoms with van der Waals surface area (Å²) in [5, 5.41) is 0. The SMILES string of the molecule is CCN(CC1CCN(Cc2ccccc2)C1)c1ncc(Br)cn1. The maximum atomic E-state index is 4.43. The van der Waals surface area contributed by atoms with Crippen molar-refractivity contribution in [2.45, 2.75) is 19.9 Å². The second kappa shape index (κ2) is 7.88. The molecule has 1 unspecified atom stereocenters. The molecule has 5 heteroatoms. The van der Waals surface area contributed by atoms with Gasteiger partial charge >= 0.3 is 0 Å². The van der Waals surface area contributed by atoms with E-state index in [1.54, 1.807) is 0 Å². The third-order valence-corrected chi connectivity index (χ3v) is 4.78. The highest BCUT2D eigenvalue weighted by Crippen LogP contribution is 2.21. The third kappa shape index (κ3) is 4.52. The summed E-state index contributed by atoms with van der Waals surface area (Å²) in [4.78, 5) is 13.7. The Morgan fingerprint density at radius 2 is 1.96 bits per heavy atom. The van der Waals surface area contributed by atoms with Gasteiger partial charge in [0.25, 0.3) is 0 Å². The van der Waals surface area contributed by atoms with E-state index in [1.165, 1.54) is 18.5 Å². The van der Waals surface area contributed by atoms with E-state index in [1.807, 2.05) is 12.4 Å². The standard InChI is InChI=1S/C18H23BrN4/c1-2-23(18-20-10-17(19)11-21-18)14-16-8-9-22(13-16)12-15-6-4-3-5-7-15/h3-7,10-11,16H,2,8-9,12-14H2,1H3. The first-order valence-corrected chi connectivity index (χ1v) is 9.02. The van der Waals surface area contributed by atoms with Gasteiger partial charge in [-0.05, 0) is 47.3 Å². The van der Waals surface area contributed by atoms with E-state index < -0.39 is 0 Å². The van der Waals surface area contributed by atoms with Crippen molar-refractivity contribution in [3.05, 3.63) is 52.8 Å². The summed E-state index contributed by atoms with van der Waals surface area (Å²) in [5.74, 6) is 1.52. The number of rotatable bonds is 6. The van der Waals surface area contributed by atoms with Gasteiger partial charge in [0.1, 0.15) is 0 Å². The number of anilines is 1. The van der Waals surface area contributed by atoms with Crippen molar-refractivity contribution in [1.29, 1.82) is 0 Å². The van der Waals surface area contributed by atoms with Gasteiger partial charge in [0, 0.05) is 38.6 Å². The molecule has 1 aliphatic rings. The first kappa shape index (κ1) is 16.4. The molecule has 0 N–H and O–H groups in total. The van der Waals surface area contributed by atoms with Crippen LogP contribution >= 0.6 is 15.9 Å². The van der Waals surface area contributed by atoms with E-state index in [2.05, 4.69) is 73.0 Å². The zero-order valence-electron chi connectivity index (χ0n) is 13.5. The summed E-state index contributed by atoms with van der Waals surface area (Å²) < 4.78 is 0.923. The largest absolute Gasteiger partial charge is 0.341 e. The van der Waals surface area contributed by atoms with Gasteiger partial charge in [0.2, 0.25) is 5.95 Å². The minimum Gasteiger partial charge on any atom is -0.341 e. The molecule has 0 bridgehead atoms. The highest BCUT2D eigenvalue weighted by molar-refractivity contribution is 9.10. The molecule has 0 spiro atoms. The highest BCUT2D eigenvalue weighted by atomic mass is 79.9. The molecule has 1 aromatic heterocycles. The molecule has 0 saturated carbocycles. The van der Waals surface area contributed by atoms with Gasteiger partial charge < -0.3 is 4.90 Å². The van der Waals surface area contributed by atoms with Crippen LogP contribution in [-0.4, -0.2) is 41.0 Å². The molecule has 1 aliphatic heterocycles. The number of hydrogen-bond donors (Lipinski definition) is 0. The second-order valence-electron chi connectivity index (χ2n) is 6.12. The lowest BCUT2D eigenvalue weighted by atomic mass is 10.1. The summed E-state index contributed by atoms with van der Waals surface area (Å²) in [6, 6.07) is 10.7. The van der Waals surface area contributed by atoms with E-state index in [4.69, 9.17) is 0 Å². The van der Waals surface area contributed by atoms with Crippen molar-refractivity contribution in [2.75, 3.05) is 31.1 Å². The van der Waals surface area contributed by atoms with Gasteiger partial charge in [-0.15, -0.1) is 0 Å². The van der Waals surface area contributed by atoms with Crippen molar-refractivity contribution in [2.24, 2.45) is 5.92 Å². The number of benzene rings is 1. The highest BCUT2D eigenvalue weighted by Gasteiger charge is 2.24. The van der Waals surface area contributed by atoms with Crippen LogP contribution in [-0.2, 0) is 6.54 Å². The minimum absolute atomic E-state index is 0.686. The van der Waals surface area contributed by atoms with Crippen molar-refractivity contribution >= 4 is 21.9 Å². The third-order valence-electron chi connectivity index (χ3n) is 4.37. The summed E-state index contributed by atoms with van der Waals surface area (Å²) in [7, 11) is 0. The van der Waals surface area contributed by atoms with Crippen LogP contribution in [0.25, 0.3) is 0 Å². The Balaban J connectivity index is 1.55. The Labute approximate surface area is 146 Å². The van der Waals surface area contributed by atoms with Crippen LogP contribution in [0, 0.1) is 5.92 Å². The van der Waals surface area contributed by atoms with Gasteiger partial charge in [-0.1, -0.05) is 30.3 Å². The van der Waals surface area contributed by atoms with Gasteiger partial charge in [-0.2, -0.15) is 0 Å². The molecule has 0 amide bonds. The average Bonchev–Trinajstić information content (AvgIpc) is 3.01. The Kier molecular flexibility index (Phi) is 5.62. The first-order valence-electron chi connectivity index (χ1n) is 8.23. The summed E-state index contributed by atoms with van der Waals surface area (Å²) >= 11 is 3.39. The summed E-state index contributed by atoms with van der Waals surface area (Å²) in [6.45, 7) is 7.53. The lowest BCUT2D eigenvalue weighted by Crippen LogP contribution is -2.32. The van der Waals surface area contributed by atoms with Crippen molar-refractivity contribution in [3.8, 4) is 0 Å². The maximum Gasteiger partial charge on any atom is 0.225 e. The molecule has 0 radical (unpaired) electrons. The molecule has 2 heterocycles. The normalized spacial score (nSPS) is 18.3. The Hall–Kier alpha value is -1.46. The van der Waals surface area contributed by atoms with Crippen LogP contribution < -0.4 is 4.90 Å². The monoisotopic (exact) mass is 374 g/mol. The second-order valence-corrected chi connectivity index (χ2v) is 7.03. The van der Waals surface area contributed by atoms with Crippen LogP contribution in [0.3, 0.4) is 0 Å². The lowest BCUT2D eigenvalue weighted by molar-refractivity contribution is 0.317. The molecule has 4 nitrogen and oxygen atoms in total. The molecule has 1 atom stereocenters. The molecule has 1 aromatic carbocycles. The molecule has 2 aromatic rings. The van der Waals surface area contributed by atoms with Crippen LogP contribution in [0.2, 0.25) is 0 Å². The maximum absolute atomic E-state index is 4.43. The fraction of sp³-hybridized carbons (Fsp3) is 0.444. The Bertz CT molecular complexity index is 602. The number of halogens is 1. The van der Waals surface area contributed by atoms with Gasteiger partial charge in [0.15, 0.2) is 0 Å². The number of likely N-dealkylation sites (tertiary alicyclic amines) is 1. The molecule has 0 aliphatic carbocycles. The Morgan fingerprint density at radius 1 is 1.22 bits per heavy atom. The number of aromatic nitrogens is 2. The van der Waals surface area contributed by atoms with E-state index in [0.717, 1.165) is 36.6 Å². The van der Waals surface area contributed by atoms with Gasteiger partial charge in [-0.3, -0.25) is 4.90 Å². The zero-order chi connectivity index (χ0) is 16.1.